The Morgan fingerprint density at radius 3 is 2.86 bits per heavy atom. The Morgan fingerprint density at radius 2 is 2.05 bits per heavy atom. The van der Waals surface area contributed by atoms with Crippen molar-refractivity contribution in [2.75, 3.05) is 6.54 Å². The molecular formula is C17H13ClFNO. The normalized spacial score (nSPS) is 23.3. The fourth-order valence-electron chi connectivity index (χ4n) is 3.77. The number of nitrogens with zero attached hydrogens (tertiary/aromatic N) is 1. The number of rotatable bonds is 1. The maximum Gasteiger partial charge on any atom is 0.255 e. The molecule has 1 atom stereocenters. The summed E-state index contributed by atoms with van der Waals surface area (Å²) in [6.45, 7) is 0.696. The maximum absolute atomic E-state index is 13.7. The van der Waals surface area contributed by atoms with Gasteiger partial charge in [-0.3, -0.25) is 4.79 Å². The van der Waals surface area contributed by atoms with Crippen LogP contribution in [0.2, 0.25) is 5.02 Å². The second kappa shape index (κ2) is 4.31. The smallest absolute Gasteiger partial charge is 0.255 e. The van der Waals surface area contributed by atoms with E-state index in [1.54, 1.807) is 18.2 Å². The van der Waals surface area contributed by atoms with E-state index < -0.39 is 5.54 Å². The van der Waals surface area contributed by atoms with Crippen LogP contribution in [-0.2, 0) is 5.54 Å². The number of benzene rings is 2. The lowest BCUT2D eigenvalue weighted by molar-refractivity contribution is 0.0711. The zero-order chi connectivity index (χ0) is 14.6. The predicted octanol–water partition coefficient (Wildman–Crippen LogP) is 3.97. The Morgan fingerprint density at radius 1 is 1.19 bits per heavy atom. The third kappa shape index (κ3) is 1.61. The molecule has 4 heteroatoms. The van der Waals surface area contributed by atoms with E-state index >= 15 is 0 Å². The number of hydrogen-bond donors (Lipinski definition) is 0. The molecule has 2 aromatic rings. The molecule has 0 N–H and O–H groups in total. The van der Waals surface area contributed by atoms with Gasteiger partial charge in [0.15, 0.2) is 0 Å². The second-order valence-electron chi connectivity index (χ2n) is 5.62. The van der Waals surface area contributed by atoms with E-state index in [9.17, 15) is 9.18 Å². The summed E-state index contributed by atoms with van der Waals surface area (Å²) in [7, 11) is 0. The first kappa shape index (κ1) is 12.8. The number of hydrogen-bond acceptors (Lipinski definition) is 1. The van der Waals surface area contributed by atoms with Crippen LogP contribution in [-0.4, -0.2) is 17.4 Å². The second-order valence-corrected chi connectivity index (χ2v) is 6.06. The van der Waals surface area contributed by atoms with Gasteiger partial charge in [0.2, 0.25) is 0 Å². The van der Waals surface area contributed by atoms with Crippen LogP contribution in [0.4, 0.5) is 4.39 Å². The predicted molar refractivity (Wildman–Crippen MR) is 78.9 cm³/mol. The first-order valence-corrected chi connectivity index (χ1v) is 7.39. The van der Waals surface area contributed by atoms with Gasteiger partial charge < -0.3 is 4.90 Å². The van der Waals surface area contributed by atoms with Gasteiger partial charge in [0.1, 0.15) is 5.82 Å². The molecule has 4 rings (SSSR count). The van der Waals surface area contributed by atoms with Crippen molar-refractivity contribution in [1.82, 2.24) is 4.90 Å². The van der Waals surface area contributed by atoms with Crippen molar-refractivity contribution in [2.24, 2.45) is 0 Å². The van der Waals surface area contributed by atoms with E-state index in [2.05, 4.69) is 0 Å². The van der Waals surface area contributed by atoms with E-state index in [4.69, 9.17) is 11.6 Å². The van der Waals surface area contributed by atoms with Crippen LogP contribution >= 0.6 is 11.6 Å². The lowest BCUT2D eigenvalue weighted by Gasteiger charge is -2.33. The van der Waals surface area contributed by atoms with Crippen LogP contribution in [0, 0.1) is 5.82 Å². The lowest BCUT2D eigenvalue weighted by Crippen LogP contribution is -2.39. The van der Waals surface area contributed by atoms with Gasteiger partial charge in [-0.15, -0.1) is 0 Å². The van der Waals surface area contributed by atoms with Crippen molar-refractivity contribution >= 4 is 17.5 Å². The molecule has 2 nitrogen and oxygen atoms in total. The van der Waals surface area contributed by atoms with E-state index in [0.717, 1.165) is 24.0 Å². The van der Waals surface area contributed by atoms with E-state index in [-0.39, 0.29) is 11.7 Å². The third-order valence-corrected chi connectivity index (χ3v) is 4.82. The Kier molecular flexibility index (Phi) is 2.64. The number of halogens is 2. The van der Waals surface area contributed by atoms with Gasteiger partial charge in [0.25, 0.3) is 5.91 Å². The number of fused-ring (bicyclic) bond motifs is 3. The molecule has 1 unspecified atom stereocenters. The molecule has 2 heterocycles. The molecule has 0 radical (unpaired) electrons. The lowest BCUT2D eigenvalue weighted by atomic mass is 9.81. The van der Waals surface area contributed by atoms with Crippen LogP contribution in [0.3, 0.4) is 0 Å². The molecule has 2 aliphatic rings. The summed E-state index contributed by atoms with van der Waals surface area (Å²) in [4.78, 5) is 14.5. The summed E-state index contributed by atoms with van der Waals surface area (Å²) >= 11 is 6.03. The van der Waals surface area contributed by atoms with Gasteiger partial charge in [0.05, 0.1) is 5.54 Å². The summed E-state index contributed by atoms with van der Waals surface area (Å²) in [5.74, 6) is -0.280. The molecule has 1 amide bonds. The monoisotopic (exact) mass is 301 g/mol. The minimum atomic E-state index is -0.529. The average molecular weight is 302 g/mol. The largest absolute Gasteiger partial charge is 0.325 e. The summed E-state index contributed by atoms with van der Waals surface area (Å²) in [5.41, 5.74) is 1.90. The number of amides is 1. The molecule has 2 aliphatic heterocycles. The van der Waals surface area contributed by atoms with Crippen molar-refractivity contribution in [3.8, 4) is 0 Å². The fraction of sp³-hybridized carbons (Fsp3) is 0.235. The number of carbonyl (C=O) groups excluding carboxylic acids is 1. The van der Waals surface area contributed by atoms with Crippen molar-refractivity contribution in [3.63, 3.8) is 0 Å². The molecule has 0 aromatic heterocycles. The number of carbonyl (C=O) groups is 1. The highest BCUT2D eigenvalue weighted by Gasteiger charge is 2.53. The first-order valence-electron chi connectivity index (χ1n) is 7.01. The van der Waals surface area contributed by atoms with Crippen molar-refractivity contribution in [1.29, 1.82) is 0 Å². The van der Waals surface area contributed by atoms with Gasteiger partial charge in [-0.05, 0) is 48.2 Å². The third-order valence-electron chi connectivity index (χ3n) is 4.59. The highest BCUT2D eigenvalue weighted by molar-refractivity contribution is 6.31. The van der Waals surface area contributed by atoms with Gasteiger partial charge in [-0.1, -0.05) is 29.8 Å². The Labute approximate surface area is 127 Å². The van der Waals surface area contributed by atoms with Crippen molar-refractivity contribution < 1.29 is 9.18 Å². The molecule has 0 aliphatic carbocycles. The van der Waals surface area contributed by atoms with E-state index in [0.29, 0.717) is 17.1 Å². The highest BCUT2D eigenvalue weighted by Crippen LogP contribution is 2.51. The van der Waals surface area contributed by atoms with Crippen LogP contribution < -0.4 is 0 Å². The minimum absolute atomic E-state index is 0.00531. The van der Waals surface area contributed by atoms with Gasteiger partial charge in [-0.25, -0.2) is 4.39 Å². The fourth-order valence-corrected chi connectivity index (χ4v) is 3.95. The highest BCUT2D eigenvalue weighted by atomic mass is 35.5. The molecule has 2 aromatic carbocycles. The van der Waals surface area contributed by atoms with Gasteiger partial charge in [0, 0.05) is 17.1 Å². The van der Waals surface area contributed by atoms with Crippen LogP contribution in [0.25, 0.3) is 0 Å². The summed E-state index contributed by atoms with van der Waals surface area (Å²) in [5, 5.41) is 0.553. The molecule has 1 saturated heterocycles. The Hall–Kier alpha value is -1.87. The van der Waals surface area contributed by atoms with Gasteiger partial charge in [-0.2, -0.15) is 0 Å². The average Bonchev–Trinajstić information content (AvgIpc) is 2.99. The molecular weight excluding hydrogens is 289 g/mol. The molecule has 106 valence electrons. The summed E-state index contributed by atoms with van der Waals surface area (Å²) < 4.78 is 13.7. The quantitative estimate of drug-likeness (QED) is 0.780. The van der Waals surface area contributed by atoms with Crippen LogP contribution in [0.5, 0.6) is 0 Å². The van der Waals surface area contributed by atoms with E-state index in [1.165, 1.54) is 12.1 Å². The van der Waals surface area contributed by atoms with Crippen molar-refractivity contribution in [3.05, 3.63) is 70.0 Å². The molecule has 0 spiro atoms. The molecule has 0 saturated carbocycles. The zero-order valence-electron chi connectivity index (χ0n) is 11.3. The summed E-state index contributed by atoms with van der Waals surface area (Å²) in [6, 6.07) is 12.0. The first-order chi connectivity index (χ1) is 10.1. The van der Waals surface area contributed by atoms with E-state index in [1.807, 2.05) is 17.0 Å². The van der Waals surface area contributed by atoms with Crippen molar-refractivity contribution in [2.45, 2.75) is 18.4 Å². The maximum atomic E-state index is 13.7. The van der Waals surface area contributed by atoms with Crippen LogP contribution in [0.1, 0.15) is 34.3 Å². The molecule has 1 fully saturated rings. The standard InChI is InChI=1S/C17H13ClFNO/c18-12-5-6-15-14(10-12)16(21)20-8-2-7-17(15,20)11-3-1-4-13(19)9-11/h1,3-6,9-10H,2,7-8H2. The zero-order valence-corrected chi connectivity index (χ0v) is 12.0. The topological polar surface area (TPSA) is 20.3 Å². The molecule has 21 heavy (non-hydrogen) atoms. The Bertz CT molecular complexity index is 760. The molecule has 0 bridgehead atoms. The summed E-state index contributed by atoms with van der Waals surface area (Å²) in [6.07, 6.45) is 1.74. The van der Waals surface area contributed by atoms with Gasteiger partial charge >= 0.3 is 0 Å². The Balaban J connectivity index is 2.01. The SMILES string of the molecule is O=C1c2cc(Cl)ccc2C2(c3cccc(F)c3)CCCN12. The van der Waals surface area contributed by atoms with Crippen LogP contribution in [0.15, 0.2) is 42.5 Å². The minimum Gasteiger partial charge on any atom is -0.325 e.